The van der Waals surface area contributed by atoms with Crippen molar-refractivity contribution in [3.05, 3.63) is 69.2 Å². The van der Waals surface area contributed by atoms with Crippen LogP contribution in [0.4, 0.5) is 16.5 Å². The first-order chi connectivity index (χ1) is 25.1. The summed E-state index contributed by atoms with van der Waals surface area (Å²) in [6.07, 6.45) is 3.47. The third-order valence-electron chi connectivity index (χ3n) is 8.82. The van der Waals surface area contributed by atoms with E-state index in [0.717, 1.165) is 16.7 Å². The van der Waals surface area contributed by atoms with Crippen LogP contribution in [-0.4, -0.2) is 68.7 Å². The quantitative estimate of drug-likeness (QED) is 0.145. The van der Waals surface area contributed by atoms with Gasteiger partial charge in [0.2, 0.25) is 23.0 Å². The molecule has 0 bridgehead atoms. The summed E-state index contributed by atoms with van der Waals surface area (Å²) < 4.78 is 22.6. The number of rotatable bonds is 12. The first-order valence-electron chi connectivity index (χ1n) is 16.5. The molecule has 2 atom stereocenters. The number of anilines is 3. The van der Waals surface area contributed by atoms with Crippen LogP contribution in [0.15, 0.2) is 52.6 Å². The van der Waals surface area contributed by atoms with Crippen molar-refractivity contribution in [2.24, 2.45) is 0 Å². The van der Waals surface area contributed by atoms with Gasteiger partial charge in [0.25, 0.3) is 5.91 Å². The number of aromatic nitrogens is 1. The average Bonchev–Trinajstić information content (AvgIpc) is 3.48. The molecule has 2 aliphatic rings. The Morgan fingerprint density at radius 1 is 1.08 bits per heavy atom. The number of nitrogens with one attached hydrogen (secondary N) is 4. The Kier molecular flexibility index (Phi) is 11.2. The Morgan fingerprint density at radius 2 is 1.88 bits per heavy atom. The van der Waals surface area contributed by atoms with E-state index in [4.69, 9.17) is 18.9 Å². The summed E-state index contributed by atoms with van der Waals surface area (Å²) in [4.78, 5) is 56.5. The molecule has 0 saturated carbocycles. The predicted octanol–water partition coefficient (Wildman–Crippen LogP) is 5.49. The Morgan fingerprint density at radius 3 is 2.62 bits per heavy atom. The van der Waals surface area contributed by atoms with Gasteiger partial charge < -0.3 is 40.2 Å². The lowest BCUT2D eigenvalue weighted by atomic mass is 9.95. The second-order valence-corrected chi connectivity index (χ2v) is 14.0. The second-order valence-electron chi connectivity index (χ2n) is 12.1. The topological polar surface area (TPSA) is 166 Å². The maximum Gasteiger partial charge on any atom is 0.262 e. The van der Waals surface area contributed by atoms with Crippen LogP contribution in [0.25, 0.3) is 22.4 Å². The van der Waals surface area contributed by atoms with Crippen LogP contribution in [0.3, 0.4) is 0 Å². The minimum atomic E-state index is -0.775. The molecule has 52 heavy (non-hydrogen) atoms. The van der Waals surface area contributed by atoms with E-state index < -0.39 is 12.1 Å². The van der Waals surface area contributed by atoms with Crippen molar-refractivity contribution in [2.75, 3.05) is 55.9 Å². The van der Waals surface area contributed by atoms with Crippen LogP contribution < -0.4 is 45.6 Å². The van der Waals surface area contributed by atoms with Gasteiger partial charge in [-0.3, -0.25) is 19.2 Å². The van der Waals surface area contributed by atoms with Crippen LogP contribution >= 0.6 is 23.1 Å². The number of aryl methyl sites for hydroxylation is 1. The molecule has 6 rings (SSSR count). The molecule has 3 amide bonds. The van der Waals surface area contributed by atoms with Crippen molar-refractivity contribution >= 4 is 57.3 Å². The zero-order chi connectivity index (χ0) is 36.9. The van der Waals surface area contributed by atoms with E-state index in [1.54, 1.807) is 44.2 Å². The number of amides is 3. The molecular formula is C37H39N5O8S2. The minimum Gasteiger partial charge on any atom is -0.493 e. The highest BCUT2D eigenvalue weighted by Gasteiger charge is 2.30. The van der Waals surface area contributed by atoms with Gasteiger partial charge in [0.05, 0.1) is 44.4 Å². The van der Waals surface area contributed by atoms with E-state index in [9.17, 15) is 19.2 Å². The predicted molar refractivity (Wildman–Crippen MR) is 203 cm³/mol. The van der Waals surface area contributed by atoms with Gasteiger partial charge >= 0.3 is 0 Å². The van der Waals surface area contributed by atoms with Crippen LogP contribution in [0.5, 0.6) is 23.0 Å². The van der Waals surface area contributed by atoms with Gasteiger partial charge in [0.15, 0.2) is 23.2 Å². The van der Waals surface area contributed by atoms with Crippen LogP contribution in [0.1, 0.15) is 36.9 Å². The number of hydrogen-bond acceptors (Lipinski definition) is 12. The average molecular weight is 746 g/mol. The zero-order valence-corrected chi connectivity index (χ0v) is 31.0. The fourth-order valence-electron chi connectivity index (χ4n) is 6.42. The number of ether oxygens (including phenoxy) is 4. The number of thiazole rings is 1. The number of benzene rings is 2. The number of thioether (sulfide) groups is 1. The molecule has 2 heterocycles. The standard InChI is InChI=1S/C37H39N5O8S2/c1-19(43)38-24-9-6-21-15-31(47-2)34(48-3)35(49-4)33(21)22-8-10-25(29(44)16-23(22)24)39-26(12-13-51-5)36(46)42-37-41-28(18-52-37)20-7-11-30-27(14-20)40-32(45)17-50-30/h7-8,10-11,14-16,18,24,26H,6,9,12-13,17H2,1-5H3,(H,38,43)(H,39,44)(H,40,45)(H,41,42,46)/t24-,26-/m0/s1. The molecule has 0 spiro atoms. The van der Waals surface area contributed by atoms with E-state index in [0.29, 0.717) is 75.7 Å². The number of carbonyl (C=O) groups is 3. The molecule has 4 N–H and O–H groups in total. The Bertz CT molecular complexity index is 2090. The van der Waals surface area contributed by atoms with Gasteiger partial charge in [-0.1, -0.05) is 6.07 Å². The molecule has 13 nitrogen and oxygen atoms in total. The lowest BCUT2D eigenvalue weighted by Crippen LogP contribution is -2.36. The van der Waals surface area contributed by atoms with E-state index in [1.807, 2.05) is 29.8 Å². The summed E-state index contributed by atoms with van der Waals surface area (Å²) in [5, 5.41) is 14.1. The first kappa shape index (κ1) is 36.5. The Balaban J connectivity index is 1.32. The normalized spacial score (nSPS) is 14.9. The van der Waals surface area contributed by atoms with Crippen LogP contribution in [-0.2, 0) is 20.8 Å². The highest BCUT2D eigenvalue weighted by Crippen LogP contribution is 2.50. The SMILES string of the molecule is COc1cc2c(c(OC)c1OC)-c1ccc(N[C@@H](CCSC)C(=O)Nc3nc(-c4ccc5c(c4)NC(=O)CO5)cs3)c(=O)cc1[C@@H](NC(C)=O)CC2. The van der Waals surface area contributed by atoms with Crippen molar-refractivity contribution in [2.45, 2.75) is 38.3 Å². The summed E-state index contributed by atoms with van der Waals surface area (Å²) in [6.45, 7) is 1.41. The number of carbonyl (C=O) groups excluding carboxylic acids is 3. The highest BCUT2D eigenvalue weighted by molar-refractivity contribution is 7.98. The lowest BCUT2D eigenvalue weighted by Gasteiger charge is -2.19. The van der Waals surface area contributed by atoms with Crippen molar-refractivity contribution in [1.29, 1.82) is 0 Å². The molecular weight excluding hydrogens is 707 g/mol. The van der Waals surface area contributed by atoms with E-state index in [-0.39, 0.29) is 35.4 Å². The van der Waals surface area contributed by atoms with E-state index >= 15 is 0 Å². The Hall–Kier alpha value is -5.28. The molecule has 4 aromatic rings. The molecule has 1 aliphatic heterocycles. The highest BCUT2D eigenvalue weighted by atomic mass is 32.2. The fraction of sp³-hybridized carbons (Fsp3) is 0.324. The first-order valence-corrected chi connectivity index (χ1v) is 18.8. The number of nitrogens with zero attached hydrogens (tertiary/aromatic N) is 1. The van der Waals surface area contributed by atoms with Crippen molar-refractivity contribution in [3.63, 3.8) is 0 Å². The van der Waals surface area contributed by atoms with Crippen molar-refractivity contribution in [1.82, 2.24) is 10.3 Å². The largest absolute Gasteiger partial charge is 0.493 e. The minimum absolute atomic E-state index is 0.0342. The third kappa shape index (κ3) is 7.65. The molecule has 0 fully saturated rings. The summed E-state index contributed by atoms with van der Waals surface area (Å²) >= 11 is 2.85. The van der Waals surface area contributed by atoms with Gasteiger partial charge in [-0.15, -0.1) is 11.3 Å². The van der Waals surface area contributed by atoms with Crippen molar-refractivity contribution < 1.29 is 33.3 Å². The second kappa shape index (κ2) is 15.9. The van der Waals surface area contributed by atoms with Gasteiger partial charge in [0, 0.05) is 23.4 Å². The lowest BCUT2D eigenvalue weighted by molar-refractivity contribution is -0.120. The number of hydrogen-bond donors (Lipinski definition) is 4. The van der Waals surface area contributed by atoms with Gasteiger partial charge in [-0.25, -0.2) is 4.98 Å². The molecule has 0 unspecified atom stereocenters. The molecule has 0 saturated heterocycles. The molecule has 15 heteroatoms. The molecule has 1 aromatic heterocycles. The summed E-state index contributed by atoms with van der Waals surface area (Å²) in [7, 11) is 4.63. The number of methoxy groups -OCH3 is 3. The van der Waals surface area contributed by atoms with E-state index in [2.05, 4.69) is 26.3 Å². The fourth-order valence-corrected chi connectivity index (χ4v) is 7.61. The van der Waals surface area contributed by atoms with Gasteiger partial charge in [-0.05, 0) is 84.4 Å². The summed E-state index contributed by atoms with van der Waals surface area (Å²) in [6, 6.07) is 11.0. The van der Waals surface area contributed by atoms with Crippen LogP contribution in [0, 0.1) is 0 Å². The maximum atomic E-state index is 14.0. The monoisotopic (exact) mass is 745 g/mol. The van der Waals surface area contributed by atoms with Gasteiger partial charge in [0.1, 0.15) is 11.8 Å². The van der Waals surface area contributed by atoms with Crippen molar-refractivity contribution in [3.8, 4) is 45.4 Å². The zero-order valence-electron chi connectivity index (χ0n) is 29.3. The maximum absolute atomic E-state index is 14.0. The molecule has 1 aliphatic carbocycles. The third-order valence-corrected chi connectivity index (χ3v) is 10.2. The Labute approximate surface area is 308 Å². The number of fused-ring (bicyclic) bond motifs is 4. The summed E-state index contributed by atoms with van der Waals surface area (Å²) in [5.41, 5.74) is 4.73. The smallest absolute Gasteiger partial charge is 0.262 e. The molecule has 272 valence electrons. The molecule has 0 radical (unpaired) electrons. The van der Waals surface area contributed by atoms with E-state index in [1.165, 1.54) is 31.4 Å². The molecule has 3 aromatic carbocycles. The van der Waals surface area contributed by atoms with Crippen LogP contribution in [0.2, 0.25) is 0 Å². The van der Waals surface area contributed by atoms with Gasteiger partial charge in [-0.2, -0.15) is 11.8 Å². The summed E-state index contributed by atoms with van der Waals surface area (Å²) in [5.74, 6) is 1.77.